The monoisotopic (exact) mass is 236 g/mol. The molecule has 0 saturated carbocycles. The Balaban J connectivity index is 2.14. The van der Waals surface area contributed by atoms with Crippen LogP contribution in [-0.4, -0.2) is 20.1 Å². The van der Waals surface area contributed by atoms with Gasteiger partial charge >= 0.3 is 0 Å². The molecule has 1 heterocycles. The van der Waals surface area contributed by atoms with E-state index in [2.05, 4.69) is 15.2 Å². The van der Waals surface area contributed by atoms with Gasteiger partial charge in [-0.2, -0.15) is 0 Å². The van der Waals surface area contributed by atoms with Crippen LogP contribution in [0.15, 0.2) is 34.3 Å². The maximum absolute atomic E-state index is 10.4. The molecule has 0 aliphatic heterocycles. The summed E-state index contributed by atoms with van der Waals surface area (Å²) in [5, 5.41) is 17.7. The number of nitro groups is 1. The van der Waals surface area contributed by atoms with Gasteiger partial charge in [0.25, 0.3) is 5.69 Å². The lowest BCUT2D eigenvalue weighted by Gasteiger charge is -1.95. The van der Waals surface area contributed by atoms with Crippen molar-refractivity contribution in [2.24, 2.45) is 0 Å². The van der Waals surface area contributed by atoms with Gasteiger partial charge in [-0.25, -0.2) is 4.98 Å². The Morgan fingerprint density at radius 2 is 2.06 bits per heavy atom. The van der Waals surface area contributed by atoms with E-state index in [1.54, 1.807) is 12.1 Å². The van der Waals surface area contributed by atoms with Crippen molar-refractivity contribution in [3.05, 3.63) is 40.2 Å². The second-order valence-electron chi connectivity index (χ2n) is 3.06. The van der Waals surface area contributed by atoms with Gasteiger partial charge in [0.2, 0.25) is 5.16 Å². The summed E-state index contributed by atoms with van der Waals surface area (Å²) in [6, 6.07) is 6.27. The summed E-state index contributed by atoms with van der Waals surface area (Å²) in [5.74, 6) is 0.740. The van der Waals surface area contributed by atoms with Crippen LogP contribution in [0.3, 0.4) is 0 Å². The summed E-state index contributed by atoms with van der Waals surface area (Å²) >= 11 is 1.35. The summed E-state index contributed by atoms with van der Waals surface area (Å²) in [4.78, 5) is 15.0. The lowest BCUT2D eigenvalue weighted by molar-refractivity contribution is -0.384. The first-order chi connectivity index (χ1) is 7.65. The first-order valence-electron chi connectivity index (χ1n) is 4.46. The first-order valence-corrected chi connectivity index (χ1v) is 5.28. The summed E-state index contributed by atoms with van der Waals surface area (Å²) in [6.07, 6.45) is 0. The molecule has 0 fully saturated rings. The van der Waals surface area contributed by atoms with E-state index in [0.717, 1.165) is 10.7 Å². The number of nitrogens with zero attached hydrogens (tertiary/aromatic N) is 3. The Morgan fingerprint density at radius 1 is 1.38 bits per heavy atom. The van der Waals surface area contributed by atoms with Gasteiger partial charge in [-0.3, -0.25) is 15.2 Å². The minimum Gasteiger partial charge on any atom is -0.262 e. The van der Waals surface area contributed by atoms with Crippen molar-refractivity contribution in [3.63, 3.8) is 0 Å². The Kier molecular flexibility index (Phi) is 2.86. The zero-order valence-electron chi connectivity index (χ0n) is 8.38. The van der Waals surface area contributed by atoms with E-state index in [1.165, 1.54) is 23.9 Å². The minimum atomic E-state index is -0.425. The van der Waals surface area contributed by atoms with E-state index < -0.39 is 4.92 Å². The van der Waals surface area contributed by atoms with Gasteiger partial charge in [0.1, 0.15) is 5.82 Å². The van der Waals surface area contributed by atoms with Gasteiger partial charge in [0, 0.05) is 17.0 Å². The number of hydrogen-bond acceptors (Lipinski definition) is 5. The summed E-state index contributed by atoms with van der Waals surface area (Å²) in [6.45, 7) is 1.81. The average Bonchev–Trinajstić information content (AvgIpc) is 2.65. The third-order valence-electron chi connectivity index (χ3n) is 1.83. The number of aromatic amines is 1. The molecule has 0 aliphatic carbocycles. The quantitative estimate of drug-likeness (QED) is 0.652. The van der Waals surface area contributed by atoms with Crippen LogP contribution < -0.4 is 0 Å². The predicted octanol–water partition coefficient (Wildman–Crippen LogP) is 2.17. The molecule has 2 aromatic rings. The third kappa shape index (κ3) is 2.37. The van der Waals surface area contributed by atoms with Crippen LogP contribution in [0, 0.1) is 17.0 Å². The van der Waals surface area contributed by atoms with Gasteiger partial charge in [-0.05, 0) is 30.8 Å². The molecule has 0 aliphatic rings. The van der Waals surface area contributed by atoms with E-state index in [1.807, 2.05) is 6.92 Å². The normalized spacial score (nSPS) is 10.3. The number of aryl methyl sites for hydroxylation is 1. The first kappa shape index (κ1) is 10.6. The van der Waals surface area contributed by atoms with Crippen LogP contribution >= 0.6 is 11.8 Å². The van der Waals surface area contributed by atoms with Gasteiger partial charge in [0.15, 0.2) is 0 Å². The predicted molar refractivity (Wildman–Crippen MR) is 58.3 cm³/mol. The van der Waals surface area contributed by atoms with Gasteiger partial charge in [0.05, 0.1) is 4.92 Å². The highest BCUT2D eigenvalue weighted by atomic mass is 32.2. The number of non-ortho nitro benzene ring substituents is 1. The van der Waals surface area contributed by atoms with Crippen LogP contribution in [0.5, 0.6) is 0 Å². The molecule has 7 heteroatoms. The molecule has 0 radical (unpaired) electrons. The standard InChI is InChI=1S/C9H8N4O2S/c1-6-10-9(12-11-6)16-8-4-2-7(3-5-8)13(14)15/h2-5H,1H3,(H,10,11,12). The highest BCUT2D eigenvalue weighted by Crippen LogP contribution is 2.25. The summed E-state index contributed by atoms with van der Waals surface area (Å²) in [5.41, 5.74) is 0.0792. The highest BCUT2D eigenvalue weighted by Gasteiger charge is 2.06. The van der Waals surface area contributed by atoms with E-state index in [0.29, 0.717) is 5.16 Å². The smallest absolute Gasteiger partial charge is 0.262 e. The largest absolute Gasteiger partial charge is 0.269 e. The second-order valence-corrected chi connectivity index (χ2v) is 4.10. The van der Waals surface area contributed by atoms with Crippen LogP contribution in [0.4, 0.5) is 5.69 Å². The molecule has 0 unspecified atom stereocenters. The number of H-pyrrole nitrogens is 1. The number of nitro benzene ring substituents is 1. The molecule has 0 bridgehead atoms. The molecule has 0 atom stereocenters. The third-order valence-corrected chi connectivity index (χ3v) is 2.71. The number of nitrogens with one attached hydrogen (secondary N) is 1. The second kappa shape index (κ2) is 4.31. The molecule has 1 aromatic heterocycles. The Morgan fingerprint density at radius 3 is 2.56 bits per heavy atom. The average molecular weight is 236 g/mol. The van der Waals surface area contributed by atoms with Gasteiger partial charge in [-0.1, -0.05) is 0 Å². The Bertz CT molecular complexity index is 508. The Hall–Kier alpha value is -1.89. The topological polar surface area (TPSA) is 84.7 Å². The molecule has 0 saturated heterocycles. The molecular weight excluding hydrogens is 228 g/mol. The van der Waals surface area contributed by atoms with Crippen molar-refractivity contribution < 1.29 is 4.92 Å². The van der Waals surface area contributed by atoms with Gasteiger partial charge in [-0.15, -0.1) is 5.10 Å². The fraction of sp³-hybridized carbons (Fsp3) is 0.111. The van der Waals surface area contributed by atoms with E-state index in [9.17, 15) is 10.1 Å². The van der Waals surface area contributed by atoms with Crippen molar-refractivity contribution in [2.45, 2.75) is 17.0 Å². The molecule has 0 amide bonds. The lowest BCUT2D eigenvalue weighted by atomic mass is 10.3. The fourth-order valence-electron chi connectivity index (χ4n) is 1.11. The number of aromatic nitrogens is 3. The van der Waals surface area contributed by atoms with Crippen LogP contribution in [0.1, 0.15) is 5.82 Å². The van der Waals surface area contributed by atoms with E-state index in [-0.39, 0.29) is 5.69 Å². The van der Waals surface area contributed by atoms with Crippen LogP contribution in [0.2, 0.25) is 0 Å². The lowest BCUT2D eigenvalue weighted by Crippen LogP contribution is -1.86. The fourth-order valence-corrected chi connectivity index (χ4v) is 1.87. The van der Waals surface area contributed by atoms with Gasteiger partial charge < -0.3 is 0 Å². The van der Waals surface area contributed by atoms with Crippen molar-refractivity contribution >= 4 is 17.4 Å². The van der Waals surface area contributed by atoms with E-state index in [4.69, 9.17) is 0 Å². The maximum Gasteiger partial charge on any atom is 0.269 e. The SMILES string of the molecule is Cc1nc(Sc2ccc([N+](=O)[O-])cc2)n[nH]1. The molecule has 6 nitrogen and oxygen atoms in total. The van der Waals surface area contributed by atoms with Crippen LogP contribution in [-0.2, 0) is 0 Å². The van der Waals surface area contributed by atoms with Crippen molar-refractivity contribution in [1.29, 1.82) is 0 Å². The minimum absolute atomic E-state index is 0.0792. The maximum atomic E-state index is 10.4. The molecule has 82 valence electrons. The molecule has 1 N–H and O–H groups in total. The molecule has 0 spiro atoms. The van der Waals surface area contributed by atoms with E-state index >= 15 is 0 Å². The zero-order chi connectivity index (χ0) is 11.5. The van der Waals surface area contributed by atoms with Crippen LogP contribution in [0.25, 0.3) is 0 Å². The highest BCUT2D eigenvalue weighted by molar-refractivity contribution is 7.99. The number of rotatable bonds is 3. The molecular formula is C9H8N4O2S. The molecule has 16 heavy (non-hydrogen) atoms. The van der Waals surface area contributed by atoms with Crippen molar-refractivity contribution in [2.75, 3.05) is 0 Å². The molecule has 2 rings (SSSR count). The summed E-state index contributed by atoms with van der Waals surface area (Å²) < 4.78 is 0. The van der Waals surface area contributed by atoms with Crippen molar-refractivity contribution in [3.8, 4) is 0 Å². The van der Waals surface area contributed by atoms with Crippen molar-refractivity contribution in [1.82, 2.24) is 15.2 Å². The number of benzene rings is 1. The number of hydrogen-bond donors (Lipinski definition) is 1. The Labute approximate surface area is 95.2 Å². The summed E-state index contributed by atoms with van der Waals surface area (Å²) in [7, 11) is 0. The molecule has 1 aromatic carbocycles. The zero-order valence-corrected chi connectivity index (χ0v) is 9.19.